The molecule has 6 nitrogen and oxygen atoms in total. The molecule has 1 fully saturated rings. The summed E-state index contributed by atoms with van der Waals surface area (Å²) in [5.41, 5.74) is 0.680. The Balaban J connectivity index is 1.40. The zero-order chi connectivity index (χ0) is 18.7. The second kappa shape index (κ2) is 10.7. The minimum Gasteiger partial charge on any atom is -0.455 e. The fourth-order valence-corrected chi connectivity index (χ4v) is 2.88. The van der Waals surface area contributed by atoms with Crippen molar-refractivity contribution in [2.75, 3.05) is 51.3 Å². The van der Waals surface area contributed by atoms with Gasteiger partial charge in [0.1, 0.15) is 5.75 Å². The van der Waals surface area contributed by atoms with E-state index in [9.17, 15) is 4.79 Å². The van der Waals surface area contributed by atoms with Crippen molar-refractivity contribution in [3.8, 4) is 11.5 Å². The second-order valence-corrected chi connectivity index (χ2v) is 6.41. The molecule has 1 saturated heterocycles. The summed E-state index contributed by atoms with van der Waals surface area (Å²) in [5, 5.41) is 6.27. The van der Waals surface area contributed by atoms with Crippen LogP contribution in [0.1, 0.15) is 6.42 Å². The number of benzene rings is 2. The molecule has 1 heterocycles. The summed E-state index contributed by atoms with van der Waals surface area (Å²) in [6.07, 6.45) is 0.419. The molecule has 6 heteroatoms. The van der Waals surface area contributed by atoms with Crippen molar-refractivity contribution in [1.82, 2.24) is 10.2 Å². The lowest BCUT2D eigenvalue weighted by Crippen LogP contribution is -2.40. The van der Waals surface area contributed by atoms with Crippen LogP contribution in [0.5, 0.6) is 11.5 Å². The number of carbonyl (C=O) groups is 1. The molecule has 0 atom stereocenters. The van der Waals surface area contributed by atoms with Gasteiger partial charge in [-0.2, -0.15) is 0 Å². The lowest BCUT2D eigenvalue weighted by atomic mass is 10.2. The van der Waals surface area contributed by atoms with Crippen LogP contribution < -0.4 is 15.4 Å². The fraction of sp³-hybridized carbons (Fsp3) is 0.381. The Kier molecular flexibility index (Phi) is 7.65. The number of para-hydroxylation sites is 3. The molecule has 2 aromatic rings. The smallest absolute Gasteiger partial charge is 0.225 e. The number of anilines is 1. The molecule has 0 unspecified atom stereocenters. The van der Waals surface area contributed by atoms with Gasteiger partial charge in [0.15, 0.2) is 5.75 Å². The normalized spacial score (nSPS) is 14.7. The summed E-state index contributed by atoms with van der Waals surface area (Å²) in [4.78, 5) is 14.6. The van der Waals surface area contributed by atoms with Crippen molar-refractivity contribution in [3.63, 3.8) is 0 Å². The molecule has 27 heavy (non-hydrogen) atoms. The third kappa shape index (κ3) is 6.67. The molecule has 0 aromatic heterocycles. The number of nitrogens with zero attached hydrogens (tertiary/aromatic N) is 1. The molecule has 1 aliphatic heterocycles. The van der Waals surface area contributed by atoms with Gasteiger partial charge in [0.2, 0.25) is 5.91 Å². The van der Waals surface area contributed by atoms with Gasteiger partial charge in [-0.1, -0.05) is 30.3 Å². The van der Waals surface area contributed by atoms with Crippen LogP contribution >= 0.6 is 0 Å². The van der Waals surface area contributed by atoms with Gasteiger partial charge in [-0.15, -0.1) is 0 Å². The van der Waals surface area contributed by atoms with Gasteiger partial charge < -0.3 is 20.1 Å². The summed E-state index contributed by atoms with van der Waals surface area (Å²) in [7, 11) is 0. The molecule has 144 valence electrons. The van der Waals surface area contributed by atoms with E-state index in [4.69, 9.17) is 9.47 Å². The first-order chi connectivity index (χ1) is 13.3. The number of amides is 1. The maximum atomic E-state index is 12.2. The molecule has 2 N–H and O–H groups in total. The lowest BCUT2D eigenvalue weighted by Gasteiger charge is -2.26. The molecular formula is C21H27N3O3. The SMILES string of the molecule is O=C(CCNCCN1CCOCC1)Nc1ccccc1Oc1ccccc1. The van der Waals surface area contributed by atoms with Crippen LogP contribution in [0, 0.1) is 0 Å². The van der Waals surface area contributed by atoms with Crippen molar-refractivity contribution in [2.24, 2.45) is 0 Å². The van der Waals surface area contributed by atoms with Crippen LogP contribution in [-0.4, -0.2) is 56.7 Å². The van der Waals surface area contributed by atoms with E-state index in [1.165, 1.54) is 0 Å². The second-order valence-electron chi connectivity index (χ2n) is 6.41. The topological polar surface area (TPSA) is 62.8 Å². The Hall–Kier alpha value is -2.41. The number of ether oxygens (including phenoxy) is 2. The molecule has 0 aliphatic carbocycles. The molecule has 1 aliphatic rings. The summed E-state index contributed by atoms with van der Waals surface area (Å²) >= 11 is 0. The van der Waals surface area contributed by atoms with Crippen LogP contribution in [0.2, 0.25) is 0 Å². The minimum atomic E-state index is -0.0296. The first-order valence-electron chi connectivity index (χ1n) is 9.44. The van der Waals surface area contributed by atoms with Crippen LogP contribution in [0.3, 0.4) is 0 Å². The molecule has 0 bridgehead atoms. The number of morpholine rings is 1. The Morgan fingerprint density at radius 1 is 1.00 bits per heavy atom. The molecular weight excluding hydrogens is 342 g/mol. The number of hydrogen-bond acceptors (Lipinski definition) is 5. The highest BCUT2D eigenvalue weighted by atomic mass is 16.5. The van der Waals surface area contributed by atoms with E-state index in [0.717, 1.165) is 45.1 Å². The average Bonchev–Trinajstić information content (AvgIpc) is 2.71. The fourth-order valence-electron chi connectivity index (χ4n) is 2.88. The molecule has 0 radical (unpaired) electrons. The molecule has 3 rings (SSSR count). The Labute approximate surface area is 160 Å². The van der Waals surface area contributed by atoms with Crippen molar-refractivity contribution >= 4 is 11.6 Å². The van der Waals surface area contributed by atoms with Gasteiger partial charge in [0.05, 0.1) is 18.9 Å². The van der Waals surface area contributed by atoms with Crippen molar-refractivity contribution < 1.29 is 14.3 Å². The third-order valence-corrected chi connectivity index (χ3v) is 4.37. The largest absolute Gasteiger partial charge is 0.455 e. The summed E-state index contributed by atoms with van der Waals surface area (Å²) in [6, 6.07) is 17.0. The summed E-state index contributed by atoms with van der Waals surface area (Å²) < 4.78 is 11.2. The predicted molar refractivity (Wildman–Crippen MR) is 106 cm³/mol. The first kappa shape index (κ1) is 19.4. The average molecular weight is 369 g/mol. The standard InChI is InChI=1S/C21H27N3O3/c25-21(10-11-22-12-13-24-14-16-26-17-15-24)23-19-8-4-5-9-20(19)27-18-6-2-1-3-7-18/h1-9,22H,10-17H2,(H,23,25). The lowest BCUT2D eigenvalue weighted by molar-refractivity contribution is -0.116. The maximum absolute atomic E-state index is 12.2. The third-order valence-electron chi connectivity index (χ3n) is 4.37. The van der Waals surface area contributed by atoms with Crippen molar-refractivity contribution in [1.29, 1.82) is 0 Å². The molecule has 0 saturated carbocycles. The first-order valence-corrected chi connectivity index (χ1v) is 9.44. The maximum Gasteiger partial charge on any atom is 0.225 e. The highest BCUT2D eigenvalue weighted by Gasteiger charge is 2.10. The van der Waals surface area contributed by atoms with E-state index in [0.29, 0.717) is 24.4 Å². The minimum absolute atomic E-state index is 0.0296. The van der Waals surface area contributed by atoms with Crippen LogP contribution in [0.4, 0.5) is 5.69 Å². The summed E-state index contributed by atoms with van der Waals surface area (Å²) in [5.74, 6) is 1.35. The van der Waals surface area contributed by atoms with Gasteiger partial charge in [0, 0.05) is 39.1 Å². The monoisotopic (exact) mass is 369 g/mol. The van der Waals surface area contributed by atoms with E-state index >= 15 is 0 Å². The zero-order valence-electron chi connectivity index (χ0n) is 15.5. The van der Waals surface area contributed by atoms with E-state index in [2.05, 4.69) is 15.5 Å². The van der Waals surface area contributed by atoms with Gasteiger partial charge in [-0.3, -0.25) is 9.69 Å². The highest BCUT2D eigenvalue weighted by molar-refractivity contribution is 5.92. The molecule has 1 amide bonds. The quantitative estimate of drug-likeness (QED) is 0.666. The molecule has 2 aromatic carbocycles. The number of carbonyl (C=O) groups excluding carboxylic acids is 1. The van der Waals surface area contributed by atoms with E-state index in [-0.39, 0.29) is 5.91 Å². The Bertz CT molecular complexity index is 703. The number of nitrogens with one attached hydrogen (secondary N) is 2. The van der Waals surface area contributed by atoms with Gasteiger partial charge in [0.25, 0.3) is 0 Å². The van der Waals surface area contributed by atoms with E-state index in [1.807, 2.05) is 54.6 Å². The Morgan fingerprint density at radius 2 is 1.74 bits per heavy atom. The van der Waals surface area contributed by atoms with Crippen LogP contribution in [-0.2, 0) is 9.53 Å². The molecule has 0 spiro atoms. The van der Waals surface area contributed by atoms with E-state index < -0.39 is 0 Å². The summed E-state index contributed by atoms with van der Waals surface area (Å²) in [6.45, 7) is 6.11. The van der Waals surface area contributed by atoms with Crippen molar-refractivity contribution in [3.05, 3.63) is 54.6 Å². The van der Waals surface area contributed by atoms with Crippen LogP contribution in [0.25, 0.3) is 0 Å². The van der Waals surface area contributed by atoms with E-state index in [1.54, 1.807) is 0 Å². The zero-order valence-corrected chi connectivity index (χ0v) is 15.5. The van der Waals surface area contributed by atoms with Gasteiger partial charge >= 0.3 is 0 Å². The van der Waals surface area contributed by atoms with Crippen molar-refractivity contribution in [2.45, 2.75) is 6.42 Å². The van der Waals surface area contributed by atoms with Crippen LogP contribution in [0.15, 0.2) is 54.6 Å². The Morgan fingerprint density at radius 3 is 2.56 bits per heavy atom. The predicted octanol–water partition coefficient (Wildman–Crippen LogP) is 2.73. The number of rotatable bonds is 9. The van der Waals surface area contributed by atoms with Gasteiger partial charge in [-0.05, 0) is 24.3 Å². The highest BCUT2D eigenvalue weighted by Crippen LogP contribution is 2.29. The van der Waals surface area contributed by atoms with Gasteiger partial charge in [-0.25, -0.2) is 0 Å². The number of hydrogen-bond donors (Lipinski definition) is 2.